The number of ether oxygens (including phenoxy) is 1. The molecule has 110 valence electrons. The van der Waals surface area contributed by atoms with E-state index in [1.54, 1.807) is 12.1 Å². The second-order valence-electron chi connectivity index (χ2n) is 5.46. The summed E-state index contributed by atoms with van der Waals surface area (Å²) >= 11 is 0. The molecule has 3 nitrogen and oxygen atoms in total. The summed E-state index contributed by atoms with van der Waals surface area (Å²) in [7, 11) is 0. The van der Waals surface area contributed by atoms with Crippen LogP contribution in [0.25, 0.3) is 10.8 Å². The summed E-state index contributed by atoms with van der Waals surface area (Å²) in [5, 5.41) is 4.22. The predicted molar refractivity (Wildman–Crippen MR) is 79.9 cm³/mol. The minimum absolute atomic E-state index is 0.0563. The zero-order chi connectivity index (χ0) is 14.8. The number of fused-ring (bicyclic) bond motifs is 1. The van der Waals surface area contributed by atoms with Crippen molar-refractivity contribution < 1.29 is 13.9 Å². The van der Waals surface area contributed by atoms with Crippen molar-refractivity contribution in [3.05, 3.63) is 41.7 Å². The van der Waals surface area contributed by atoms with Gasteiger partial charge in [-0.2, -0.15) is 0 Å². The first-order valence-corrected chi connectivity index (χ1v) is 7.26. The lowest BCUT2D eigenvalue weighted by Gasteiger charge is -2.11. The molecule has 4 heteroatoms. The lowest BCUT2D eigenvalue weighted by molar-refractivity contribution is -0.118. The summed E-state index contributed by atoms with van der Waals surface area (Å²) in [5.74, 6) is 0.502. The molecule has 2 aromatic rings. The van der Waals surface area contributed by atoms with E-state index in [0.717, 1.165) is 29.5 Å². The van der Waals surface area contributed by atoms with Crippen molar-refractivity contribution in [2.75, 3.05) is 6.54 Å². The maximum Gasteiger partial charge on any atom is 0.216 e. The smallest absolute Gasteiger partial charge is 0.216 e. The second-order valence-corrected chi connectivity index (χ2v) is 5.46. The van der Waals surface area contributed by atoms with Gasteiger partial charge in [0.25, 0.3) is 0 Å². The van der Waals surface area contributed by atoms with E-state index in [4.69, 9.17) is 4.74 Å². The molecule has 21 heavy (non-hydrogen) atoms. The Morgan fingerprint density at radius 1 is 1.29 bits per heavy atom. The Hall–Kier alpha value is -2.10. The standard InChI is InChI=1S/C17H18FNO2/c1-11(20)19-9-8-12-2-7-17(18)15-6-5-14(10-16(12)15)21-13-3-4-13/h2,5-7,10,13H,3-4,8-9H2,1H3,(H,19,20). The van der Waals surface area contributed by atoms with Crippen molar-refractivity contribution in [1.29, 1.82) is 0 Å². The van der Waals surface area contributed by atoms with Gasteiger partial charge in [-0.1, -0.05) is 6.07 Å². The summed E-state index contributed by atoms with van der Waals surface area (Å²) in [6, 6.07) is 8.75. The zero-order valence-corrected chi connectivity index (χ0v) is 12.0. The van der Waals surface area contributed by atoms with Gasteiger partial charge in [-0.3, -0.25) is 4.79 Å². The first-order valence-electron chi connectivity index (χ1n) is 7.26. The normalized spacial score (nSPS) is 14.2. The largest absolute Gasteiger partial charge is 0.490 e. The van der Waals surface area contributed by atoms with E-state index in [9.17, 15) is 9.18 Å². The average molecular weight is 287 g/mol. The second kappa shape index (κ2) is 5.72. The number of carbonyl (C=O) groups is 1. The van der Waals surface area contributed by atoms with Gasteiger partial charge < -0.3 is 10.1 Å². The predicted octanol–water partition coefficient (Wildman–Crippen LogP) is 3.20. The maximum atomic E-state index is 13.9. The number of hydrogen-bond donors (Lipinski definition) is 1. The summed E-state index contributed by atoms with van der Waals surface area (Å²) < 4.78 is 19.7. The molecule has 1 fully saturated rings. The molecule has 0 atom stereocenters. The maximum absolute atomic E-state index is 13.9. The molecule has 0 saturated heterocycles. The SMILES string of the molecule is CC(=O)NCCc1ccc(F)c2ccc(OC3CC3)cc12. The van der Waals surface area contributed by atoms with Crippen molar-refractivity contribution in [2.24, 2.45) is 0 Å². The van der Waals surface area contributed by atoms with Gasteiger partial charge in [0.15, 0.2) is 0 Å². The van der Waals surface area contributed by atoms with Crippen molar-refractivity contribution in [3.63, 3.8) is 0 Å². The first-order chi connectivity index (χ1) is 10.1. The quantitative estimate of drug-likeness (QED) is 0.917. The van der Waals surface area contributed by atoms with Crippen LogP contribution >= 0.6 is 0 Å². The molecule has 1 amide bonds. The van der Waals surface area contributed by atoms with Crippen LogP contribution in [0.15, 0.2) is 30.3 Å². The number of nitrogens with one attached hydrogen (secondary N) is 1. The third kappa shape index (κ3) is 3.32. The number of amides is 1. The highest BCUT2D eigenvalue weighted by atomic mass is 19.1. The van der Waals surface area contributed by atoms with E-state index < -0.39 is 0 Å². The van der Waals surface area contributed by atoms with Gasteiger partial charge in [0, 0.05) is 18.9 Å². The fourth-order valence-corrected chi connectivity index (χ4v) is 2.39. The third-order valence-corrected chi connectivity index (χ3v) is 3.62. The molecule has 0 radical (unpaired) electrons. The van der Waals surface area contributed by atoms with Crippen LogP contribution in [-0.2, 0) is 11.2 Å². The fraction of sp³-hybridized carbons (Fsp3) is 0.353. The van der Waals surface area contributed by atoms with Gasteiger partial charge in [-0.05, 0) is 54.5 Å². The van der Waals surface area contributed by atoms with Crippen LogP contribution in [0.4, 0.5) is 4.39 Å². The Labute approximate surface area is 123 Å². The number of carbonyl (C=O) groups excluding carboxylic acids is 1. The first kappa shape index (κ1) is 13.9. The molecular formula is C17H18FNO2. The van der Waals surface area contributed by atoms with Gasteiger partial charge in [-0.15, -0.1) is 0 Å². The molecule has 3 rings (SSSR count). The van der Waals surface area contributed by atoms with Crippen LogP contribution in [0.2, 0.25) is 0 Å². The monoisotopic (exact) mass is 287 g/mol. The van der Waals surface area contributed by atoms with Crippen LogP contribution in [0, 0.1) is 5.82 Å². The summed E-state index contributed by atoms with van der Waals surface area (Å²) in [4.78, 5) is 10.9. The summed E-state index contributed by atoms with van der Waals surface area (Å²) in [5.41, 5.74) is 1.02. The zero-order valence-electron chi connectivity index (χ0n) is 12.0. The Bertz CT molecular complexity index is 680. The molecule has 0 spiro atoms. The Balaban J connectivity index is 1.89. The van der Waals surface area contributed by atoms with Crippen LogP contribution in [-0.4, -0.2) is 18.6 Å². The van der Waals surface area contributed by atoms with Crippen LogP contribution < -0.4 is 10.1 Å². The highest BCUT2D eigenvalue weighted by Crippen LogP contribution is 2.31. The average Bonchev–Trinajstić information content (AvgIpc) is 3.25. The van der Waals surface area contributed by atoms with E-state index in [2.05, 4.69) is 5.32 Å². The van der Waals surface area contributed by atoms with Gasteiger partial charge in [-0.25, -0.2) is 4.39 Å². The van der Waals surface area contributed by atoms with Crippen LogP contribution in [0.3, 0.4) is 0 Å². The Morgan fingerprint density at radius 3 is 2.81 bits per heavy atom. The molecule has 0 aromatic heterocycles. The van der Waals surface area contributed by atoms with Crippen molar-refractivity contribution >= 4 is 16.7 Å². The minimum atomic E-state index is -0.230. The Morgan fingerprint density at radius 2 is 2.10 bits per heavy atom. The van der Waals surface area contributed by atoms with Crippen molar-refractivity contribution in [2.45, 2.75) is 32.3 Å². The lowest BCUT2D eigenvalue weighted by Crippen LogP contribution is -2.22. The third-order valence-electron chi connectivity index (χ3n) is 3.62. The van der Waals surface area contributed by atoms with Crippen molar-refractivity contribution in [1.82, 2.24) is 5.32 Å². The van der Waals surface area contributed by atoms with Crippen molar-refractivity contribution in [3.8, 4) is 5.75 Å². The number of benzene rings is 2. The van der Waals surface area contributed by atoms with E-state index in [0.29, 0.717) is 24.5 Å². The highest BCUT2D eigenvalue weighted by molar-refractivity contribution is 5.87. The molecule has 0 heterocycles. The molecule has 1 N–H and O–H groups in total. The summed E-state index contributed by atoms with van der Waals surface area (Å²) in [6.07, 6.45) is 3.18. The fourth-order valence-electron chi connectivity index (χ4n) is 2.39. The van der Waals surface area contributed by atoms with Crippen LogP contribution in [0.1, 0.15) is 25.3 Å². The van der Waals surface area contributed by atoms with E-state index >= 15 is 0 Å². The van der Waals surface area contributed by atoms with Gasteiger partial charge in [0.05, 0.1) is 6.10 Å². The number of hydrogen-bond acceptors (Lipinski definition) is 2. The molecule has 1 aliphatic rings. The molecule has 2 aromatic carbocycles. The van der Waals surface area contributed by atoms with E-state index in [1.165, 1.54) is 13.0 Å². The molecule has 0 unspecified atom stereocenters. The van der Waals surface area contributed by atoms with E-state index in [1.807, 2.05) is 12.1 Å². The Kier molecular flexibility index (Phi) is 3.78. The van der Waals surface area contributed by atoms with Gasteiger partial charge in [0.2, 0.25) is 5.91 Å². The molecular weight excluding hydrogens is 269 g/mol. The van der Waals surface area contributed by atoms with Gasteiger partial charge in [0.1, 0.15) is 11.6 Å². The molecule has 1 aliphatic carbocycles. The minimum Gasteiger partial charge on any atom is -0.490 e. The number of halogens is 1. The lowest BCUT2D eigenvalue weighted by atomic mass is 10.0. The van der Waals surface area contributed by atoms with Crippen LogP contribution in [0.5, 0.6) is 5.75 Å². The number of rotatable bonds is 5. The van der Waals surface area contributed by atoms with E-state index in [-0.39, 0.29) is 11.7 Å². The summed E-state index contributed by atoms with van der Waals surface area (Å²) in [6.45, 7) is 2.04. The highest BCUT2D eigenvalue weighted by Gasteiger charge is 2.23. The topological polar surface area (TPSA) is 38.3 Å². The molecule has 1 saturated carbocycles. The molecule has 0 bridgehead atoms. The molecule has 0 aliphatic heterocycles. The van der Waals surface area contributed by atoms with Gasteiger partial charge >= 0.3 is 0 Å².